The van der Waals surface area contributed by atoms with Crippen LogP contribution in [0.15, 0.2) is 72.4 Å². The van der Waals surface area contributed by atoms with E-state index in [0.29, 0.717) is 0 Å². The van der Waals surface area contributed by atoms with Crippen LogP contribution >= 0.6 is 0 Å². The molecule has 0 saturated carbocycles. The van der Waals surface area contributed by atoms with Gasteiger partial charge in [-0.1, -0.05) is 66.7 Å². The van der Waals surface area contributed by atoms with Gasteiger partial charge in [0.2, 0.25) is 0 Å². The van der Waals surface area contributed by atoms with Gasteiger partial charge in [-0.25, -0.2) is 0 Å². The van der Waals surface area contributed by atoms with Gasteiger partial charge in [-0.2, -0.15) is 0 Å². The third-order valence-corrected chi connectivity index (χ3v) is 4.71. The predicted molar refractivity (Wildman–Crippen MR) is 98.5 cm³/mol. The minimum Gasteiger partial charge on any atom is -0.384 e. The standard InChI is InChI=1S/C22H27N/c1-21(2,3)23-20-14-16-22(17-15-20,18-10-6-4-7-11-18)19-12-8-5-9-13-19/h4-14,23H,15-17H2,1-3H3. The minimum absolute atomic E-state index is 0.103. The van der Waals surface area contributed by atoms with Gasteiger partial charge in [0.15, 0.2) is 0 Å². The van der Waals surface area contributed by atoms with Gasteiger partial charge in [0, 0.05) is 16.7 Å². The van der Waals surface area contributed by atoms with Crippen molar-refractivity contribution in [3.8, 4) is 0 Å². The highest BCUT2D eigenvalue weighted by molar-refractivity contribution is 5.42. The van der Waals surface area contributed by atoms with Crippen LogP contribution in [0.5, 0.6) is 0 Å². The second kappa shape index (κ2) is 6.23. The van der Waals surface area contributed by atoms with Crippen LogP contribution < -0.4 is 5.32 Å². The lowest BCUT2D eigenvalue weighted by atomic mass is 9.66. The summed E-state index contributed by atoms with van der Waals surface area (Å²) in [7, 11) is 0. The van der Waals surface area contributed by atoms with E-state index in [1.54, 1.807) is 0 Å². The first-order chi connectivity index (χ1) is 11.0. The number of hydrogen-bond donors (Lipinski definition) is 1. The van der Waals surface area contributed by atoms with E-state index in [4.69, 9.17) is 0 Å². The van der Waals surface area contributed by atoms with Crippen LogP contribution in [-0.4, -0.2) is 5.54 Å². The Kier molecular flexibility index (Phi) is 4.30. The van der Waals surface area contributed by atoms with Crippen molar-refractivity contribution in [3.63, 3.8) is 0 Å². The summed E-state index contributed by atoms with van der Waals surface area (Å²) in [5.41, 5.74) is 4.48. The summed E-state index contributed by atoms with van der Waals surface area (Å²) in [6, 6.07) is 22.0. The van der Waals surface area contributed by atoms with E-state index >= 15 is 0 Å². The van der Waals surface area contributed by atoms with Crippen molar-refractivity contribution < 1.29 is 0 Å². The quantitative estimate of drug-likeness (QED) is 0.797. The van der Waals surface area contributed by atoms with Crippen molar-refractivity contribution in [1.82, 2.24) is 5.32 Å². The first kappa shape index (κ1) is 15.9. The smallest absolute Gasteiger partial charge is 0.0286 e. The third kappa shape index (κ3) is 3.50. The van der Waals surface area contributed by atoms with Crippen molar-refractivity contribution in [2.24, 2.45) is 0 Å². The molecule has 23 heavy (non-hydrogen) atoms. The highest BCUT2D eigenvalue weighted by atomic mass is 15.0. The molecule has 0 aliphatic heterocycles. The molecule has 0 unspecified atom stereocenters. The molecule has 0 aromatic heterocycles. The maximum absolute atomic E-state index is 3.66. The van der Waals surface area contributed by atoms with Gasteiger partial charge in [-0.15, -0.1) is 0 Å². The molecule has 3 rings (SSSR count). The van der Waals surface area contributed by atoms with Gasteiger partial charge in [-0.05, 0) is 51.2 Å². The van der Waals surface area contributed by atoms with Crippen molar-refractivity contribution >= 4 is 0 Å². The fourth-order valence-corrected chi connectivity index (χ4v) is 3.65. The summed E-state index contributed by atoms with van der Waals surface area (Å²) in [5.74, 6) is 0. The lowest BCUT2D eigenvalue weighted by molar-refractivity contribution is 0.405. The molecule has 1 N–H and O–H groups in total. The minimum atomic E-state index is 0.103. The van der Waals surface area contributed by atoms with E-state index in [0.717, 1.165) is 19.3 Å². The monoisotopic (exact) mass is 305 g/mol. The fourth-order valence-electron chi connectivity index (χ4n) is 3.65. The Morgan fingerprint density at radius 1 is 0.826 bits per heavy atom. The van der Waals surface area contributed by atoms with Crippen molar-refractivity contribution in [2.75, 3.05) is 0 Å². The highest BCUT2D eigenvalue weighted by Gasteiger charge is 2.35. The van der Waals surface area contributed by atoms with Crippen molar-refractivity contribution in [3.05, 3.63) is 83.6 Å². The molecule has 0 atom stereocenters. The molecule has 0 amide bonds. The second-order valence-corrected chi connectivity index (χ2v) is 7.62. The first-order valence-electron chi connectivity index (χ1n) is 8.58. The molecule has 0 radical (unpaired) electrons. The summed E-state index contributed by atoms with van der Waals surface area (Å²) in [5, 5.41) is 3.66. The SMILES string of the molecule is CC(C)(C)NC1=CCC(c2ccccc2)(c2ccccc2)CC1. The normalized spacial score (nSPS) is 17.4. The zero-order valence-corrected chi connectivity index (χ0v) is 14.5. The highest BCUT2D eigenvalue weighted by Crippen LogP contribution is 2.43. The molecule has 0 saturated heterocycles. The van der Waals surface area contributed by atoms with Crippen LogP contribution in [0.3, 0.4) is 0 Å². The molecule has 1 heteroatoms. The average Bonchev–Trinajstić information content (AvgIpc) is 2.56. The Labute approximate surface area is 140 Å². The van der Waals surface area contributed by atoms with Crippen LogP contribution in [0.1, 0.15) is 51.2 Å². The van der Waals surface area contributed by atoms with Crippen LogP contribution in [0, 0.1) is 0 Å². The Balaban J connectivity index is 1.97. The number of hydrogen-bond acceptors (Lipinski definition) is 1. The third-order valence-electron chi connectivity index (χ3n) is 4.71. The van der Waals surface area contributed by atoms with Gasteiger partial charge in [-0.3, -0.25) is 0 Å². The lowest BCUT2D eigenvalue weighted by Crippen LogP contribution is -2.38. The zero-order valence-electron chi connectivity index (χ0n) is 14.5. The average molecular weight is 305 g/mol. The van der Waals surface area contributed by atoms with Crippen molar-refractivity contribution in [2.45, 2.75) is 51.0 Å². The predicted octanol–water partition coefficient (Wildman–Crippen LogP) is 5.43. The summed E-state index contributed by atoms with van der Waals surface area (Å²) < 4.78 is 0. The number of rotatable bonds is 3. The summed E-state index contributed by atoms with van der Waals surface area (Å²) >= 11 is 0. The van der Waals surface area contributed by atoms with E-state index in [-0.39, 0.29) is 11.0 Å². The molecular formula is C22H27N. The number of allylic oxidation sites excluding steroid dienone is 2. The van der Waals surface area contributed by atoms with E-state index in [9.17, 15) is 0 Å². The Hall–Kier alpha value is -2.02. The van der Waals surface area contributed by atoms with Gasteiger partial charge in [0.1, 0.15) is 0 Å². The molecule has 0 heterocycles. The van der Waals surface area contributed by atoms with Gasteiger partial charge >= 0.3 is 0 Å². The Morgan fingerprint density at radius 3 is 1.74 bits per heavy atom. The fraction of sp³-hybridized carbons (Fsp3) is 0.364. The molecule has 2 aromatic rings. The molecule has 2 aromatic carbocycles. The molecule has 1 aliphatic rings. The maximum Gasteiger partial charge on any atom is 0.0286 e. The lowest BCUT2D eigenvalue weighted by Gasteiger charge is -2.39. The molecule has 1 nitrogen and oxygen atoms in total. The first-order valence-corrected chi connectivity index (χ1v) is 8.58. The number of nitrogens with one attached hydrogen (secondary N) is 1. The summed E-state index contributed by atoms with van der Waals surface area (Å²) in [6.45, 7) is 6.68. The van der Waals surface area contributed by atoms with E-state index in [1.807, 2.05) is 0 Å². The van der Waals surface area contributed by atoms with Crippen LogP contribution in [0.2, 0.25) is 0 Å². The van der Waals surface area contributed by atoms with Crippen molar-refractivity contribution in [1.29, 1.82) is 0 Å². The summed E-state index contributed by atoms with van der Waals surface area (Å²) in [6.07, 6.45) is 5.71. The van der Waals surface area contributed by atoms with E-state index in [2.05, 4.69) is 92.8 Å². The molecule has 0 bridgehead atoms. The molecular weight excluding hydrogens is 278 g/mol. The van der Waals surface area contributed by atoms with E-state index < -0.39 is 0 Å². The topological polar surface area (TPSA) is 12.0 Å². The molecule has 120 valence electrons. The van der Waals surface area contributed by atoms with Crippen LogP contribution in [0.4, 0.5) is 0 Å². The van der Waals surface area contributed by atoms with E-state index in [1.165, 1.54) is 16.8 Å². The number of benzene rings is 2. The second-order valence-electron chi connectivity index (χ2n) is 7.62. The molecule has 0 fully saturated rings. The maximum atomic E-state index is 3.66. The van der Waals surface area contributed by atoms with Gasteiger partial charge < -0.3 is 5.32 Å². The molecule has 1 aliphatic carbocycles. The summed E-state index contributed by atoms with van der Waals surface area (Å²) in [4.78, 5) is 0. The van der Waals surface area contributed by atoms with Crippen LogP contribution in [-0.2, 0) is 5.41 Å². The largest absolute Gasteiger partial charge is 0.384 e. The van der Waals surface area contributed by atoms with Crippen LogP contribution in [0.25, 0.3) is 0 Å². The van der Waals surface area contributed by atoms with Gasteiger partial charge in [0.25, 0.3) is 0 Å². The zero-order chi connectivity index (χ0) is 16.3. The Bertz CT molecular complexity index is 623. The Morgan fingerprint density at radius 2 is 1.35 bits per heavy atom. The van der Waals surface area contributed by atoms with Gasteiger partial charge in [0.05, 0.1) is 0 Å². The molecule has 0 spiro atoms.